The standard InChI is InChI=1S/C13H17BrO2/c1-4-13(5-2)8-9-10(14)6-7-11(15-3)12(9)16-13/h6-7H,4-5,8H2,1-3H3. The fourth-order valence-electron chi connectivity index (χ4n) is 2.24. The molecule has 16 heavy (non-hydrogen) atoms. The highest BCUT2D eigenvalue weighted by atomic mass is 79.9. The summed E-state index contributed by atoms with van der Waals surface area (Å²) in [5.41, 5.74) is 1.20. The van der Waals surface area contributed by atoms with Crippen molar-refractivity contribution in [2.75, 3.05) is 7.11 Å². The molecule has 1 heterocycles. The van der Waals surface area contributed by atoms with Gasteiger partial charge in [-0.1, -0.05) is 29.8 Å². The van der Waals surface area contributed by atoms with Crippen LogP contribution in [0.25, 0.3) is 0 Å². The summed E-state index contributed by atoms with van der Waals surface area (Å²) < 4.78 is 12.6. The molecule has 0 bridgehead atoms. The van der Waals surface area contributed by atoms with Crippen molar-refractivity contribution in [2.24, 2.45) is 0 Å². The highest BCUT2D eigenvalue weighted by Gasteiger charge is 2.38. The Labute approximate surface area is 105 Å². The second-order valence-electron chi connectivity index (χ2n) is 4.23. The number of hydrogen-bond donors (Lipinski definition) is 0. The Balaban J connectivity index is 2.46. The Kier molecular flexibility index (Phi) is 3.15. The highest BCUT2D eigenvalue weighted by molar-refractivity contribution is 9.10. The summed E-state index contributed by atoms with van der Waals surface area (Å²) in [5, 5.41) is 0. The third kappa shape index (κ3) is 1.71. The van der Waals surface area contributed by atoms with Crippen molar-refractivity contribution < 1.29 is 9.47 Å². The van der Waals surface area contributed by atoms with Crippen molar-refractivity contribution in [3.63, 3.8) is 0 Å². The van der Waals surface area contributed by atoms with Gasteiger partial charge in [-0.25, -0.2) is 0 Å². The molecule has 3 heteroatoms. The van der Waals surface area contributed by atoms with Gasteiger partial charge in [-0.3, -0.25) is 0 Å². The van der Waals surface area contributed by atoms with Gasteiger partial charge in [-0.05, 0) is 25.0 Å². The van der Waals surface area contributed by atoms with Crippen LogP contribution in [0, 0.1) is 0 Å². The third-order valence-electron chi connectivity index (χ3n) is 3.49. The summed E-state index contributed by atoms with van der Waals surface area (Å²) in [6.45, 7) is 4.35. The molecule has 2 nitrogen and oxygen atoms in total. The zero-order valence-electron chi connectivity index (χ0n) is 9.97. The van der Waals surface area contributed by atoms with Gasteiger partial charge in [0.1, 0.15) is 5.60 Å². The first-order valence-electron chi connectivity index (χ1n) is 5.70. The molecule has 1 aromatic carbocycles. The number of hydrogen-bond acceptors (Lipinski definition) is 2. The van der Waals surface area contributed by atoms with E-state index in [9.17, 15) is 0 Å². The van der Waals surface area contributed by atoms with Crippen molar-refractivity contribution in [2.45, 2.75) is 38.7 Å². The minimum atomic E-state index is -0.0422. The Hall–Kier alpha value is -0.700. The fraction of sp³-hybridized carbons (Fsp3) is 0.538. The summed E-state index contributed by atoms with van der Waals surface area (Å²) in [6, 6.07) is 3.98. The lowest BCUT2D eigenvalue weighted by molar-refractivity contribution is 0.0828. The maximum absolute atomic E-state index is 6.14. The van der Waals surface area contributed by atoms with Crippen molar-refractivity contribution in [1.29, 1.82) is 0 Å². The Morgan fingerprint density at radius 2 is 2.06 bits per heavy atom. The van der Waals surface area contributed by atoms with Crippen molar-refractivity contribution in [3.05, 3.63) is 22.2 Å². The summed E-state index contributed by atoms with van der Waals surface area (Å²) in [6.07, 6.45) is 3.01. The van der Waals surface area contributed by atoms with Gasteiger partial charge in [-0.15, -0.1) is 0 Å². The van der Waals surface area contributed by atoms with E-state index in [1.54, 1.807) is 7.11 Å². The van der Waals surface area contributed by atoms with E-state index in [2.05, 4.69) is 29.8 Å². The number of halogens is 1. The number of methoxy groups -OCH3 is 1. The van der Waals surface area contributed by atoms with Crippen LogP contribution in [0.5, 0.6) is 11.5 Å². The molecular formula is C13H17BrO2. The van der Waals surface area contributed by atoms with Gasteiger partial charge in [0.15, 0.2) is 11.5 Å². The lowest BCUT2D eigenvalue weighted by Gasteiger charge is -2.25. The van der Waals surface area contributed by atoms with Gasteiger partial charge >= 0.3 is 0 Å². The summed E-state index contributed by atoms with van der Waals surface area (Å²) >= 11 is 3.59. The molecule has 0 fully saturated rings. The minimum absolute atomic E-state index is 0.0422. The molecule has 0 aromatic heterocycles. The van der Waals surface area contributed by atoms with E-state index >= 15 is 0 Å². The number of ether oxygens (including phenoxy) is 2. The van der Waals surface area contributed by atoms with E-state index in [0.29, 0.717) is 0 Å². The normalized spacial score (nSPS) is 16.8. The first-order valence-corrected chi connectivity index (χ1v) is 6.49. The SMILES string of the molecule is CCC1(CC)Cc2c(Br)ccc(OC)c2O1. The van der Waals surface area contributed by atoms with E-state index in [4.69, 9.17) is 9.47 Å². The first-order chi connectivity index (χ1) is 7.65. The summed E-state index contributed by atoms with van der Waals surface area (Å²) in [7, 11) is 1.69. The molecule has 1 aliphatic heterocycles. The van der Waals surface area contributed by atoms with Gasteiger partial charge in [0.25, 0.3) is 0 Å². The largest absolute Gasteiger partial charge is 0.493 e. The van der Waals surface area contributed by atoms with Gasteiger partial charge in [-0.2, -0.15) is 0 Å². The van der Waals surface area contributed by atoms with Crippen molar-refractivity contribution in [3.8, 4) is 11.5 Å². The van der Waals surface area contributed by atoms with Gasteiger partial charge in [0.05, 0.1) is 7.11 Å². The maximum Gasteiger partial charge on any atom is 0.166 e. The Morgan fingerprint density at radius 3 is 2.62 bits per heavy atom. The number of rotatable bonds is 3. The van der Waals surface area contributed by atoms with Crippen molar-refractivity contribution in [1.82, 2.24) is 0 Å². The predicted molar refractivity (Wildman–Crippen MR) is 68.3 cm³/mol. The van der Waals surface area contributed by atoms with E-state index in [-0.39, 0.29) is 5.60 Å². The van der Waals surface area contributed by atoms with Crippen molar-refractivity contribution >= 4 is 15.9 Å². The average Bonchev–Trinajstić information content (AvgIpc) is 2.71. The molecule has 1 aliphatic rings. The minimum Gasteiger partial charge on any atom is -0.493 e. The van der Waals surface area contributed by atoms with Crippen LogP contribution in [0.2, 0.25) is 0 Å². The quantitative estimate of drug-likeness (QED) is 0.837. The Bertz CT molecular complexity index is 397. The van der Waals surface area contributed by atoms with Crippen LogP contribution < -0.4 is 9.47 Å². The number of fused-ring (bicyclic) bond motifs is 1. The average molecular weight is 285 g/mol. The van der Waals surface area contributed by atoms with E-state index in [1.165, 1.54) is 5.56 Å². The smallest absolute Gasteiger partial charge is 0.166 e. The summed E-state index contributed by atoms with van der Waals surface area (Å²) in [5.74, 6) is 1.75. The summed E-state index contributed by atoms with van der Waals surface area (Å²) in [4.78, 5) is 0. The van der Waals surface area contributed by atoms with E-state index in [0.717, 1.165) is 35.2 Å². The van der Waals surface area contributed by atoms with Crippen LogP contribution in [0.4, 0.5) is 0 Å². The van der Waals surface area contributed by atoms with E-state index in [1.807, 2.05) is 12.1 Å². The molecule has 2 rings (SSSR count). The molecular weight excluding hydrogens is 268 g/mol. The molecule has 0 spiro atoms. The van der Waals surface area contributed by atoms with Crippen LogP contribution >= 0.6 is 15.9 Å². The second-order valence-corrected chi connectivity index (χ2v) is 5.08. The molecule has 0 saturated carbocycles. The molecule has 0 unspecified atom stereocenters. The Morgan fingerprint density at radius 1 is 1.38 bits per heavy atom. The lowest BCUT2D eigenvalue weighted by Crippen LogP contribution is -2.32. The molecule has 0 radical (unpaired) electrons. The van der Waals surface area contributed by atoms with Crippen LogP contribution in [0.15, 0.2) is 16.6 Å². The van der Waals surface area contributed by atoms with Gasteiger partial charge < -0.3 is 9.47 Å². The molecule has 0 aliphatic carbocycles. The molecule has 1 aromatic rings. The molecule has 0 amide bonds. The molecule has 0 N–H and O–H groups in total. The monoisotopic (exact) mass is 284 g/mol. The second kappa shape index (κ2) is 4.28. The van der Waals surface area contributed by atoms with Crippen LogP contribution in [0.3, 0.4) is 0 Å². The third-order valence-corrected chi connectivity index (χ3v) is 4.24. The van der Waals surface area contributed by atoms with Gasteiger partial charge in [0.2, 0.25) is 0 Å². The van der Waals surface area contributed by atoms with Gasteiger partial charge in [0, 0.05) is 16.5 Å². The predicted octanol–water partition coefficient (Wildman–Crippen LogP) is 3.95. The van der Waals surface area contributed by atoms with Crippen LogP contribution in [-0.4, -0.2) is 12.7 Å². The zero-order chi connectivity index (χ0) is 11.8. The van der Waals surface area contributed by atoms with E-state index < -0.39 is 0 Å². The molecule has 88 valence electrons. The molecule has 0 atom stereocenters. The topological polar surface area (TPSA) is 18.5 Å². The van der Waals surface area contributed by atoms with Crippen LogP contribution in [0.1, 0.15) is 32.3 Å². The fourth-order valence-corrected chi connectivity index (χ4v) is 2.69. The molecule has 0 saturated heterocycles. The zero-order valence-corrected chi connectivity index (χ0v) is 11.6. The van der Waals surface area contributed by atoms with Crippen LogP contribution in [-0.2, 0) is 6.42 Å². The maximum atomic E-state index is 6.14. The highest BCUT2D eigenvalue weighted by Crippen LogP contribution is 2.47. The lowest BCUT2D eigenvalue weighted by atomic mass is 9.92. The first kappa shape index (κ1) is 11.8. The number of benzene rings is 1.